The molecule has 1 saturated carbocycles. The largest absolute Gasteiger partial charge is 0.394 e. The SMILES string of the molecule is Cc1cnc(N2CCC(ON=C3CCC(c4cc(F)c(N)c(F)c4)CC3)CC2)nc1. The lowest BCUT2D eigenvalue weighted by atomic mass is 9.83. The van der Waals surface area contributed by atoms with Crippen LogP contribution in [0.2, 0.25) is 0 Å². The molecule has 8 heteroatoms. The maximum Gasteiger partial charge on any atom is 0.225 e. The van der Waals surface area contributed by atoms with Gasteiger partial charge in [0.15, 0.2) is 0 Å². The van der Waals surface area contributed by atoms with Crippen LogP contribution < -0.4 is 10.6 Å². The highest BCUT2D eigenvalue weighted by molar-refractivity contribution is 5.84. The first kappa shape index (κ1) is 20.5. The number of rotatable bonds is 4. The van der Waals surface area contributed by atoms with E-state index in [9.17, 15) is 8.78 Å². The molecule has 1 aromatic carbocycles. The Bertz CT molecular complexity index is 877. The number of hydrogen-bond donors (Lipinski definition) is 1. The van der Waals surface area contributed by atoms with Crippen LogP contribution in [0.1, 0.15) is 55.6 Å². The van der Waals surface area contributed by atoms with Crippen LogP contribution in [0.15, 0.2) is 29.7 Å². The fourth-order valence-electron chi connectivity index (χ4n) is 4.07. The van der Waals surface area contributed by atoms with E-state index in [2.05, 4.69) is 20.0 Å². The Hall–Kier alpha value is -2.77. The van der Waals surface area contributed by atoms with Gasteiger partial charge in [-0.05, 0) is 61.8 Å². The Labute approximate surface area is 175 Å². The summed E-state index contributed by atoms with van der Waals surface area (Å²) in [6.07, 6.45) is 8.66. The predicted octanol–water partition coefficient (Wildman–Crippen LogP) is 4.34. The number of hydrogen-bond acceptors (Lipinski definition) is 6. The van der Waals surface area contributed by atoms with E-state index >= 15 is 0 Å². The second-order valence-corrected chi connectivity index (χ2v) is 8.18. The number of nitrogen functional groups attached to an aromatic ring is 1. The predicted molar refractivity (Wildman–Crippen MR) is 113 cm³/mol. The molecule has 2 N–H and O–H groups in total. The van der Waals surface area contributed by atoms with Gasteiger partial charge in [0.1, 0.15) is 23.4 Å². The Morgan fingerprint density at radius 3 is 2.23 bits per heavy atom. The Kier molecular flexibility index (Phi) is 6.11. The first-order chi connectivity index (χ1) is 14.5. The van der Waals surface area contributed by atoms with Crippen LogP contribution >= 0.6 is 0 Å². The van der Waals surface area contributed by atoms with Crippen molar-refractivity contribution in [2.45, 2.75) is 57.5 Å². The Balaban J connectivity index is 1.25. The molecular formula is C22H27F2N5O. The number of piperidine rings is 1. The van der Waals surface area contributed by atoms with E-state index in [1.54, 1.807) is 0 Å². The lowest BCUT2D eigenvalue weighted by Gasteiger charge is -2.31. The minimum absolute atomic E-state index is 0.0946. The molecule has 0 radical (unpaired) electrons. The van der Waals surface area contributed by atoms with Crippen LogP contribution in [0.3, 0.4) is 0 Å². The molecule has 2 aliphatic rings. The molecule has 1 aliphatic carbocycles. The molecule has 1 saturated heterocycles. The molecule has 0 amide bonds. The van der Waals surface area contributed by atoms with E-state index in [-0.39, 0.29) is 12.0 Å². The van der Waals surface area contributed by atoms with E-state index in [0.29, 0.717) is 5.56 Å². The molecule has 2 heterocycles. The lowest BCUT2D eigenvalue weighted by molar-refractivity contribution is 0.0406. The zero-order chi connectivity index (χ0) is 21.1. The molecule has 160 valence electrons. The van der Waals surface area contributed by atoms with Gasteiger partial charge in [-0.2, -0.15) is 0 Å². The fraction of sp³-hybridized carbons (Fsp3) is 0.500. The molecule has 6 nitrogen and oxygen atoms in total. The number of aromatic nitrogens is 2. The number of anilines is 2. The van der Waals surface area contributed by atoms with Crippen LogP contribution in [-0.4, -0.2) is 34.9 Å². The minimum Gasteiger partial charge on any atom is -0.394 e. The van der Waals surface area contributed by atoms with Crippen molar-refractivity contribution in [3.8, 4) is 0 Å². The molecule has 30 heavy (non-hydrogen) atoms. The maximum atomic E-state index is 13.7. The maximum absolute atomic E-state index is 13.7. The van der Waals surface area contributed by atoms with Gasteiger partial charge in [-0.15, -0.1) is 0 Å². The zero-order valence-corrected chi connectivity index (χ0v) is 17.2. The van der Waals surface area contributed by atoms with Gasteiger partial charge in [-0.1, -0.05) is 5.16 Å². The van der Waals surface area contributed by atoms with Crippen molar-refractivity contribution in [2.75, 3.05) is 23.7 Å². The van der Waals surface area contributed by atoms with Gasteiger partial charge in [0.05, 0.1) is 5.71 Å². The second-order valence-electron chi connectivity index (χ2n) is 8.18. The molecule has 0 atom stereocenters. The Morgan fingerprint density at radius 2 is 1.63 bits per heavy atom. The molecule has 2 aromatic rings. The van der Waals surface area contributed by atoms with Gasteiger partial charge in [0.2, 0.25) is 5.95 Å². The highest BCUT2D eigenvalue weighted by Crippen LogP contribution is 2.34. The number of halogens is 2. The molecule has 4 rings (SSSR count). The molecule has 0 bridgehead atoms. The van der Waals surface area contributed by atoms with Crippen molar-refractivity contribution in [3.05, 3.63) is 47.3 Å². The summed E-state index contributed by atoms with van der Waals surface area (Å²) in [5.41, 5.74) is 7.69. The molecule has 1 aromatic heterocycles. The molecule has 0 unspecified atom stereocenters. The van der Waals surface area contributed by atoms with Crippen molar-refractivity contribution in [1.29, 1.82) is 0 Å². The monoisotopic (exact) mass is 415 g/mol. The molecule has 1 aliphatic heterocycles. The summed E-state index contributed by atoms with van der Waals surface area (Å²) in [6.45, 7) is 3.66. The summed E-state index contributed by atoms with van der Waals surface area (Å²) in [5, 5.41) is 4.39. The van der Waals surface area contributed by atoms with Gasteiger partial charge < -0.3 is 15.5 Å². The lowest BCUT2D eigenvalue weighted by Crippen LogP contribution is -2.37. The third-order valence-electron chi connectivity index (χ3n) is 5.96. The third kappa shape index (κ3) is 4.68. The summed E-state index contributed by atoms with van der Waals surface area (Å²) in [4.78, 5) is 16.7. The summed E-state index contributed by atoms with van der Waals surface area (Å²) in [7, 11) is 0. The van der Waals surface area contributed by atoms with E-state index in [1.807, 2.05) is 19.3 Å². The van der Waals surface area contributed by atoms with Gasteiger partial charge in [0, 0.05) is 38.3 Å². The standard InChI is InChI=1S/C22H27F2N5O/c1-14-12-26-22(27-13-14)29-8-6-18(7-9-29)30-28-17-4-2-15(3-5-17)16-10-19(23)21(25)20(24)11-16/h10-13,15,18H,2-9,25H2,1H3. The highest BCUT2D eigenvalue weighted by Gasteiger charge is 2.24. The zero-order valence-electron chi connectivity index (χ0n) is 17.2. The third-order valence-corrected chi connectivity index (χ3v) is 5.96. The van der Waals surface area contributed by atoms with Crippen LogP contribution in [-0.2, 0) is 4.84 Å². The quantitative estimate of drug-likeness (QED) is 0.594. The second kappa shape index (κ2) is 8.93. The Morgan fingerprint density at radius 1 is 1.03 bits per heavy atom. The van der Waals surface area contributed by atoms with E-state index < -0.39 is 17.3 Å². The fourth-order valence-corrected chi connectivity index (χ4v) is 4.07. The van der Waals surface area contributed by atoms with Crippen LogP contribution in [0.4, 0.5) is 20.4 Å². The molecular weight excluding hydrogens is 388 g/mol. The first-order valence-corrected chi connectivity index (χ1v) is 10.5. The number of nitrogens with two attached hydrogens (primary N) is 1. The van der Waals surface area contributed by atoms with E-state index in [0.717, 1.165) is 68.8 Å². The number of oxime groups is 1. The number of benzene rings is 1. The van der Waals surface area contributed by atoms with Crippen molar-refractivity contribution in [1.82, 2.24) is 9.97 Å². The molecule has 2 fully saturated rings. The van der Waals surface area contributed by atoms with Crippen molar-refractivity contribution in [3.63, 3.8) is 0 Å². The number of aryl methyl sites for hydroxylation is 1. The topological polar surface area (TPSA) is 76.6 Å². The minimum atomic E-state index is -0.685. The van der Waals surface area contributed by atoms with Crippen LogP contribution in [0.5, 0.6) is 0 Å². The summed E-state index contributed by atoms with van der Waals surface area (Å²) < 4.78 is 27.5. The number of nitrogens with zero attached hydrogens (tertiary/aromatic N) is 4. The van der Waals surface area contributed by atoms with Crippen molar-refractivity contribution < 1.29 is 13.6 Å². The van der Waals surface area contributed by atoms with E-state index in [4.69, 9.17) is 10.6 Å². The van der Waals surface area contributed by atoms with Gasteiger partial charge in [0.25, 0.3) is 0 Å². The van der Waals surface area contributed by atoms with Gasteiger partial charge >= 0.3 is 0 Å². The van der Waals surface area contributed by atoms with Gasteiger partial charge in [-0.3, -0.25) is 0 Å². The summed E-state index contributed by atoms with van der Waals surface area (Å²) in [6, 6.07) is 2.71. The average Bonchev–Trinajstić information content (AvgIpc) is 2.77. The van der Waals surface area contributed by atoms with Crippen LogP contribution in [0.25, 0.3) is 0 Å². The average molecular weight is 415 g/mol. The van der Waals surface area contributed by atoms with Crippen molar-refractivity contribution >= 4 is 17.3 Å². The van der Waals surface area contributed by atoms with Gasteiger partial charge in [-0.25, -0.2) is 18.7 Å². The molecule has 0 spiro atoms. The normalized spacial score (nSPS) is 20.3. The first-order valence-electron chi connectivity index (χ1n) is 10.5. The highest BCUT2D eigenvalue weighted by atomic mass is 19.1. The van der Waals surface area contributed by atoms with Crippen molar-refractivity contribution in [2.24, 2.45) is 5.16 Å². The summed E-state index contributed by atoms with van der Waals surface area (Å²) in [5.74, 6) is -0.490. The smallest absolute Gasteiger partial charge is 0.225 e. The summed E-state index contributed by atoms with van der Waals surface area (Å²) >= 11 is 0. The van der Waals surface area contributed by atoms with Crippen LogP contribution in [0, 0.1) is 18.6 Å². The van der Waals surface area contributed by atoms with E-state index in [1.165, 1.54) is 12.1 Å².